The lowest BCUT2D eigenvalue weighted by Crippen LogP contribution is -2.21. The molecule has 0 bridgehead atoms. The minimum atomic E-state index is 0.0679. The molecule has 0 radical (unpaired) electrons. The molecule has 1 aromatic carbocycles. The van der Waals surface area contributed by atoms with Gasteiger partial charge in [0.2, 0.25) is 0 Å². The predicted octanol–water partition coefficient (Wildman–Crippen LogP) is 4.18. The van der Waals surface area contributed by atoms with E-state index >= 15 is 0 Å². The Balaban J connectivity index is 2.09. The van der Waals surface area contributed by atoms with Crippen LogP contribution in [0.5, 0.6) is 11.5 Å². The molecule has 0 aliphatic carbocycles. The first-order valence-electron chi connectivity index (χ1n) is 6.70. The van der Waals surface area contributed by atoms with Gasteiger partial charge >= 0.3 is 0 Å². The quantitative estimate of drug-likeness (QED) is 0.868. The third kappa shape index (κ3) is 3.32. The maximum absolute atomic E-state index is 10.1. The van der Waals surface area contributed by atoms with Crippen molar-refractivity contribution in [2.75, 3.05) is 7.11 Å². The van der Waals surface area contributed by atoms with Crippen LogP contribution in [0.3, 0.4) is 0 Å². The van der Waals surface area contributed by atoms with Gasteiger partial charge in [0.25, 0.3) is 0 Å². The number of benzene rings is 1. The van der Waals surface area contributed by atoms with E-state index in [1.54, 1.807) is 24.5 Å². The van der Waals surface area contributed by atoms with Crippen LogP contribution in [0.4, 0.5) is 0 Å². The van der Waals surface area contributed by atoms with E-state index in [-0.39, 0.29) is 17.8 Å². The van der Waals surface area contributed by atoms with E-state index < -0.39 is 0 Å². The molecular formula is C16H21NO2S. The molecule has 0 saturated carbocycles. The van der Waals surface area contributed by atoms with Crippen molar-refractivity contribution in [2.45, 2.75) is 32.9 Å². The number of hydrogen-bond acceptors (Lipinski definition) is 4. The molecule has 1 aromatic heterocycles. The summed E-state index contributed by atoms with van der Waals surface area (Å²) in [6.45, 7) is 6.31. The zero-order valence-electron chi connectivity index (χ0n) is 12.3. The summed E-state index contributed by atoms with van der Waals surface area (Å²) in [6.07, 6.45) is 0. The molecule has 0 aliphatic rings. The molecule has 2 aromatic rings. The fourth-order valence-corrected chi connectivity index (χ4v) is 3.14. The summed E-state index contributed by atoms with van der Waals surface area (Å²) in [5.41, 5.74) is 0.880. The number of aryl methyl sites for hydroxylation is 1. The van der Waals surface area contributed by atoms with Crippen LogP contribution in [0, 0.1) is 6.92 Å². The molecule has 2 unspecified atom stereocenters. The van der Waals surface area contributed by atoms with E-state index in [9.17, 15) is 5.11 Å². The Kier molecular flexibility index (Phi) is 4.68. The van der Waals surface area contributed by atoms with Gasteiger partial charge in [-0.2, -0.15) is 0 Å². The van der Waals surface area contributed by atoms with Crippen molar-refractivity contribution in [1.82, 2.24) is 5.32 Å². The molecule has 2 rings (SSSR count). The number of thiophene rings is 1. The highest BCUT2D eigenvalue weighted by atomic mass is 32.1. The molecule has 0 amide bonds. The van der Waals surface area contributed by atoms with Crippen LogP contribution in [0.25, 0.3) is 0 Å². The van der Waals surface area contributed by atoms with Crippen molar-refractivity contribution in [3.05, 3.63) is 45.6 Å². The van der Waals surface area contributed by atoms with E-state index in [1.807, 2.05) is 12.1 Å². The lowest BCUT2D eigenvalue weighted by Gasteiger charge is -2.20. The molecule has 0 saturated heterocycles. The van der Waals surface area contributed by atoms with Crippen molar-refractivity contribution < 1.29 is 9.84 Å². The van der Waals surface area contributed by atoms with Gasteiger partial charge in [-0.05, 0) is 39.0 Å². The fourth-order valence-electron chi connectivity index (χ4n) is 2.25. The summed E-state index contributed by atoms with van der Waals surface area (Å²) in [5, 5.41) is 13.6. The third-order valence-electron chi connectivity index (χ3n) is 3.39. The number of aromatic hydroxyl groups is 1. The standard InChI is InChI=1S/C16H21NO2S/c1-10-5-8-16(20-10)12(3)17-11(2)14-7-6-13(19-4)9-15(14)18/h5-9,11-12,17-18H,1-4H3. The summed E-state index contributed by atoms with van der Waals surface area (Å²) in [4.78, 5) is 2.62. The number of phenols is 1. The number of ether oxygens (including phenoxy) is 1. The minimum absolute atomic E-state index is 0.0679. The normalized spacial score (nSPS) is 14.0. The van der Waals surface area contributed by atoms with E-state index in [0.29, 0.717) is 5.75 Å². The molecule has 0 aliphatic heterocycles. The summed E-state index contributed by atoms with van der Waals surface area (Å²) >= 11 is 1.80. The SMILES string of the molecule is COc1ccc(C(C)NC(C)c2ccc(C)s2)c(O)c1. The topological polar surface area (TPSA) is 41.5 Å². The number of hydrogen-bond donors (Lipinski definition) is 2. The molecular weight excluding hydrogens is 270 g/mol. The molecule has 20 heavy (non-hydrogen) atoms. The Morgan fingerprint density at radius 3 is 2.45 bits per heavy atom. The summed E-state index contributed by atoms with van der Waals surface area (Å²) < 4.78 is 5.10. The second-order valence-electron chi connectivity index (χ2n) is 4.98. The number of phenolic OH excluding ortho intramolecular Hbond substituents is 1. The van der Waals surface area contributed by atoms with Gasteiger partial charge in [0.05, 0.1) is 7.11 Å². The largest absolute Gasteiger partial charge is 0.507 e. The van der Waals surface area contributed by atoms with E-state index in [0.717, 1.165) is 5.56 Å². The van der Waals surface area contributed by atoms with Crippen LogP contribution in [0.1, 0.15) is 41.2 Å². The Morgan fingerprint density at radius 1 is 1.15 bits per heavy atom. The molecule has 1 heterocycles. The zero-order valence-corrected chi connectivity index (χ0v) is 13.1. The maximum atomic E-state index is 10.1. The molecule has 3 nitrogen and oxygen atoms in total. The third-order valence-corrected chi connectivity index (χ3v) is 4.58. The Hall–Kier alpha value is -1.52. The number of nitrogens with one attached hydrogen (secondary N) is 1. The minimum Gasteiger partial charge on any atom is -0.507 e. The maximum Gasteiger partial charge on any atom is 0.124 e. The monoisotopic (exact) mass is 291 g/mol. The number of rotatable bonds is 5. The second kappa shape index (κ2) is 6.29. The predicted molar refractivity (Wildman–Crippen MR) is 83.7 cm³/mol. The van der Waals surface area contributed by atoms with Crippen LogP contribution in [-0.2, 0) is 0 Å². The molecule has 0 spiro atoms. The van der Waals surface area contributed by atoms with Gasteiger partial charge in [0.1, 0.15) is 11.5 Å². The highest BCUT2D eigenvalue weighted by molar-refractivity contribution is 7.12. The molecule has 2 atom stereocenters. The van der Waals surface area contributed by atoms with Gasteiger partial charge in [-0.15, -0.1) is 11.3 Å². The van der Waals surface area contributed by atoms with Gasteiger partial charge in [-0.1, -0.05) is 6.07 Å². The van der Waals surface area contributed by atoms with E-state index in [4.69, 9.17) is 4.74 Å². The van der Waals surface area contributed by atoms with Gasteiger partial charge in [-0.25, -0.2) is 0 Å². The average Bonchev–Trinajstić information content (AvgIpc) is 2.85. The Bertz CT molecular complexity index is 580. The number of methoxy groups -OCH3 is 1. The lowest BCUT2D eigenvalue weighted by atomic mass is 10.1. The summed E-state index contributed by atoms with van der Waals surface area (Å²) in [7, 11) is 1.59. The van der Waals surface area contributed by atoms with Gasteiger partial charge in [-0.3, -0.25) is 0 Å². The van der Waals surface area contributed by atoms with Gasteiger partial charge in [0.15, 0.2) is 0 Å². The first-order valence-corrected chi connectivity index (χ1v) is 7.52. The highest BCUT2D eigenvalue weighted by Crippen LogP contribution is 2.31. The van der Waals surface area contributed by atoms with Crippen LogP contribution in [0.2, 0.25) is 0 Å². The van der Waals surface area contributed by atoms with Crippen molar-refractivity contribution in [3.63, 3.8) is 0 Å². The van der Waals surface area contributed by atoms with Crippen LogP contribution >= 0.6 is 11.3 Å². The van der Waals surface area contributed by atoms with Gasteiger partial charge in [0, 0.05) is 33.5 Å². The molecule has 108 valence electrons. The van der Waals surface area contributed by atoms with Crippen molar-refractivity contribution >= 4 is 11.3 Å². The Labute approximate surface area is 124 Å². The van der Waals surface area contributed by atoms with E-state index in [1.165, 1.54) is 9.75 Å². The highest BCUT2D eigenvalue weighted by Gasteiger charge is 2.15. The second-order valence-corrected chi connectivity index (χ2v) is 6.30. The molecule has 4 heteroatoms. The van der Waals surface area contributed by atoms with Crippen molar-refractivity contribution in [3.8, 4) is 11.5 Å². The smallest absolute Gasteiger partial charge is 0.124 e. The Morgan fingerprint density at radius 2 is 1.90 bits per heavy atom. The molecule has 0 fully saturated rings. The van der Waals surface area contributed by atoms with Crippen LogP contribution in [0.15, 0.2) is 30.3 Å². The summed E-state index contributed by atoms with van der Waals surface area (Å²) in [6, 6.07) is 10.0. The van der Waals surface area contributed by atoms with Crippen LogP contribution < -0.4 is 10.1 Å². The van der Waals surface area contributed by atoms with E-state index in [2.05, 4.69) is 38.2 Å². The zero-order chi connectivity index (χ0) is 14.7. The first kappa shape index (κ1) is 14.9. The van der Waals surface area contributed by atoms with Gasteiger partial charge < -0.3 is 15.2 Å². The summed E-state index contributed by atoms with van der Waals surface area (Å²) in [5.74, 6) is 0.930. The molecule has 2 N–H and O–H groups in total. The van der Waals surface area contributed by atoms with Crippen molar-refractivity contribution in [2.24, 2.45) is 0 Å². The fraction of sp³-hybridized carbons (Fsp3) is 0.375. The average molecular weight is 291 g/mol. The first-order chi connectivity index (χ1) is 9.51. The van der Waals surface area contributed by atoms with Crippen LogP contribution in [-0.4, -0.2) is 12.2 Å². The lowest BCUT2D eigenvalue weighted by molar-refractivity contribution is 0.402. The van der Waals surface area contributed by atoms with Crippen molar-refractivity contribution in [1.29, 1.82) is 0 Å².